The Labute approximate surface area is 97.0 Å². The Balaban J connectivity index is 2.29. The number of sulfonamides is 1. The Bertz CT molecular complexity index is 561. The van der Waals surface area contributed by atoms with Crippen LogP contribution in [0, 0.1) is 0 Å². The zero-order chi connectivity index (χ0) is 11.6. The maximum Gasteiger partial charge on any atom is 0.262 e. The van der Waals surface area contributed by atoms with E-state index in [0.29, 0.717) is 10.7 Å². The second kappa shape index (κ2) is 4.11. The zero-order valence-corrected chi connectivity index (χ0v) is 9.75. The minimum Gasteiger partial charge on any atom is -0.399 e. The number of nitrogens with two attached hydrogens (primary N) is 1. The minimum absolute atomic E-state index is 0.176. The average Bonchev–Trinajstić information content (AvgIpc) is 2.70. The highest BCUT2D eigenvalue weighted by Crippen LogP contribution is 2.19. The first-order chi connectivity index (χ1) is 7.58. The number of rotatable bonds is 3. The van der Waals surface area contributed by atoms with E-state index in [4.69, 9.17) is 5.73 Å². The Kier molecular flexibility index (Phi) is 2.80. The second-order valence-electron chi connectivity index (χ2n) is 3.04. The third kappa shape index (κ3) is 2.31. The predicted octanol–water partition coefficient (Wildman–Crippen LogP) is 1.53. The van der Waals surface area contributed by atoms with Crippen molar-refractivity contribution in [1.82, 2.24) is 4.98 Å². The van der Waals surface area contributed by atoms with Gasteiger partial charge in [-0.1, -0.05) is 0 Å². The summed E-state index contributed by atoms with van der Waals surface area (Å²) in [6.45, 7) is 0. The fourth-order valence-corrected chi connectivity index (χ4v) is 2.91. The highest BCUT2D eigenvalue weighted by atomic mass is 32.2. The maximum atomic E-state index is 11.8. The van der Waals surface area contributed by atoms with Crippen molar-refractivity contribution in [1.29, 1.82) is 0 Å². The van der Waals surface area contributed by atoms with E-state index in [0.717, 1.165) is 0 Å². The fourth-order valence-electron chi connectivity index (χ4n) is 1.10. The number of thiazole rings is 1. The Morgan fingerprint density at radius 2 is 1.94 bits per heavy atom. The van der Waals surface area contributed by atoms with Crippen LogP contribution in [-0.4, -0.2) is 13.4 Å². The summed E-state index contributed by atoms with van der Waals surface area (Å²) in [7, 11) is -3.54. The van der Waals surface area contributed by atoms with Crippen LogP contribution in [0.1, 0.15) is 0 Å². The van der Waals surface area contributed by atoms with Crippen LogP contribution in [0.4, 0.5) is 10.7 Å². The van der Waals surface area contributed by atoms with Crippen LogP contribution in [0.2, 0.25) is 0 Å². The molecule has 1 heterocycles. The van der Waals surface area contributed by atoms with Crippen molar-refractivity contribution < 1.29 is 8.42 Å². The Morgan fingerprint density at radius 3 is 2.50 bits per heavy atom. The lowest BCUT2D eigenvalue weighted by Gasteiger charge is -2.05. The van der Waals surface area contributed by atoms with E-state index < -0.39 is 10.0 Å². The number of hydrogen-bond acceptors (Lipinski definition) is 5. The smallest absolute Gasteiger partial charge is 0.262 e. The molecule has 0 aliphatic carbocycles. The number of anilines is 2. The van der Waals surface area contributed by atoms with Crippen molar-refractivity contribution in [3.63, 3.8) is 0 Å². The van der Waals surface area contributed by atoms with Gasteiger partial charge in [-0.3, -0.25) is 9.71 Å². The Hall–Kier alpha value is -1.60. The highest BCUT2D eigenvalue weighted by molar-refractivity contribution is 7.93. The molecule has 0 radical (unpaired) electrons. The first-order valence-corrected chi connectivity index (χ1v) is 6.71. The van der Waals surface area contributed by atoms with E-state index in [1.165, 1.54) is 29.7 Å². The molecule has 2 aromatic rings. The van der Waals surface area contributed by atoms with Gasteiger partial charge in [0.15, 0.2) is 0 Å². The first kappa shape index (κ1) is 10.9. The third-order valence-electron chi connectivity index (χ3n) is 1.86. The van der Waals surface area contributed by atoms with E-state index in [1.54, 1.807) is 17.6 Å². The number of benzene rings is 1. The molecule has 7 heteroatoms. The van der Waals surface area contributed by atoms with Crippen molar-refractivity contribution in [3.05, 3.63) is 36.0 Å². The van der Waals surface area contributed by atoms with Crippen molar-refractivity contribution in [2.24, 2.45) is 0 Å². The molecule has 0 aliphatic rings. The molecule has 16 heavy (non-hydrogen) atoms. The van der Waals surface area contributed by atoms with Crippen LogP contribution in [0.3, 0.4) is 0 Å². The normalized spacial score (nSPS) is 11.2. The van der Waals surface area contributed by atoms with Crippen LogP contribution < -0.4 is 10.5 Å². The molecule has 0 spiro atoms. The van der Waals surface area contributed by atoms with E-state index in [-0.39, 0.29) is 4.90 Å². The van der Waals surface area contributed by atoms with Crippen LogP contribution in [0.5, 0.6) is 0 Å². The van der Waals surface area contributed by atoms with E-state index in [9.17, 15) is 8.42 Å². The monoisotopic (exact) mass is 255 g/mol. The van der Waals surface area contributed by atoms with E-state index in [2.05, 4.69) is 9.71 Å². The molecule has 0 bridgehead atoms. The van der Waals surface area contributed by atoms with Gasteiger partial charge < -0.3 is 5.73 Å². The molecule has 0 unspecified atom stereocenters. The molecule has 84 valence electrons. The summed E-state index contributed by atoms with van der Waals surface area (Å²) in [4.78, 5) is 3.96. The molecule has 0 saturated carbocycles. The van der Waals surface area contributed by atoms with Crippen molar-refractivity contribution >= 4 is 32.0 Å². The lowest BCUT2D eigenvalue weighted by atomic mass is 10.3. The van der Waals surface area contributed by atoms with Gasteiger partial charge >= 0.3 is 0 Å². The molecule has 5 nitrogen and oxygen atoms in total. The van der Waals surface area contributed by atoms with Crippen molar-refractivity contribution in [2.45, 2.75) is 4.90 Å². The largest absolute Gasteiger partial charge is 0.399 e. The topological polar surface area (TPSA) is 85.1 Å². The summed E-state index contributed by atoms with van der Waals surface area (Å²) in [6.07, 6.45) is 1.46. The molecule has 2 rings (SSSR count). The maximum absolute atomic E-state index is 11.8. The molecule has 3 N–H and O–H groups in total. The van der Waals surface area contributed by atoms with Gasteiger partial charge in [-0.05, 0) is 24.3 Å². The number of nitrogens with one attached hydrogen (secondary N) is 1. The number of nitrogens with zero attached hydrogens (tertiary/aromatic N) is 1. The molecule has 0 saturated heterocycles. The third-order valence-corrected chi connectivity index (χ3v) is 4.06. The summed E-state index contributed by atoms with van der Waals surface area (Å²) in [6, 6.07) is 6.00. The van der Waals surface area contributed by atoms with E-state index >= 15 is 0 Å². The molecule has 0 atom stereocenters. The van der Waals surface area contributed by atoms with Crippen LogP contribution in [-0.2, 0) is 10.0 Å². The molecule has 1 aromatic heterocycles. The zero-order valence-electron chi connectivity index (χ0n) is 8.12. The van der Waals surface area contributed by atoms with Gasteiger partial charge in [-0.15, -0.1) is 11.3 Å². The minimum atomic E-state index is -3.54. The van der Waals surface area contributed by atoms with Crippen molar-refractivity contribution in [2.75, 3.05) is 10.5 Å². The summed E-state index contributed by atoms with van der Waals surface area (Å²) in [5.74, 6) is 0. The number of hydrogen-bond donors (Lipinski definition) is 2. The van der Waals surface area contributed by atoms with Gasteiger partial charge in [0.2, 0.25) is 0 Å². The van der Waals surface area contributed by atoms with Crippen LogP contribution >= 0.6 is 11.3 Å². The van der Waals surface area contributed by atoms with Gasteiger partial charge in [0, 0.05) is 5.69 Å². The van der Waals surface area contributed by atoms with Crippen LogP contribution in [0.15, 0.2) is 40.9 Å². The predicted molar refractivity (Wildman–Crippen MR) is 63.8 cm³/mol. The molecular formula is C9H9N3O2S2. The molecule has 0 amide bonds. The molecule has 1 aromatic carbocycles. The molecule has 0 aliphatic heterocycles. The highest BCUT2D eigenvalue weighted by Gasteiger charge is 2.14. The van der Waals surface area contributed by atoms with Gasteiger partial charge in [-0.2, -0.15) is 0 Å². The van der Waals surface area contributed by atoms with Gasteiger partial charge in [-0.25, -0.2) is 8.42 Å². The SMILES string of the molecule is Nc1ccc(S(=O)(=O)Nc2cncs2)cc1. The second-order valence-corrected chi connectivity index (χ2v) is 5.61. The van der Waals surface area contributed by atoms with Crippen molar-refractivity contribution in [3.8, 4) is 0 Å². The summed E-state index contributed by atoms with van der Waals surface area (Å²) in [5, 5.41) is 0.483. The fraction of sp³-hybridized carbons (Fsp3) is 0. The Morgan fingerprint density at radius 1 is 1.25 bits per heavy atom. The number of aromatic nitrogens is 1. The summed E-state index contributed by atoms with van der Waals surface area (Å²) < 4.78 is 26.1. The average molecular weight is 255 g/mol. The van der Waals surface area contributed by atoms with Gasteiger partial charge in [0.1, 0.15) is 5.00 Å². The number of nitrogen functional groups attached to an aromatic ring is 1. The van der Waals surface area contributed by atoms with E-state index in [1.807, 2.05) is 0 Å². The summed E-state index contributed by atoms with van der Waals surface area (Å²) >= 11 is 1.22. The van der Waals surface area contributed by atoms with Gasteiger partial charge in [0.25, 0.3) is 10.0 Å². The lowest BCUT2D eigenvalue weighted by Crippen LogP contribution is -2.11. The molecule has 0 fully saturated rings. The quantitative estimate of drug-likeness (QED) is 0.814. The van der Waals surface area contributed by atoms with Gasteiger partial charge in [0.05, 0.1) is 16.6 Å². The lowest BCUT2D eigenvalue weighted by molar-refractivity contribution is 0.601. The molecular weight excluding hydrogens is 246 g/mol. The van der Waals surface area contributed by atoms with Crippen LogP contribution in [0.25, 0.3) is 0 Å². The standard InChI is InChI=1S/C9H9N3O2S2/c10-7-1-3-8(4-2-7)16(13,14)12-9-5-11-6-15-9/h1-6,12H,10H2. The first-order valence-electron chi connectivity index (χ1n) is 4.35. The summed E-state index contributed by atoms with van der Waals surface area (Å²) in [5.41, 5.74) is 7.56.